The van der Waals surface area contributed by atoms with E-state index in [4.69, 9.17) is 0 Å². The van der Waals surface area contributed by atoms with Crippen LogP contribution < -0.4 is 16.0 Å². The van der Waals surface area contributed by atoms with Crippen molar-refractivity contribution in [2.45, 2.75) is 64.1 Å². The third-order valence-electron chi connectivity index (χ3n) is 4.16. The van der Waals surface area contributed by atoms with E-state index >= 15 is 0 Å². The molecule has 0 aromatic carbocycles. The second kappa shape index (κ2) is 6.53. The minimum absolute atomic E-state index is 0.120. The highest BCUT2D eigenvalue weighted by molar-refractivity contribution is 5.78. The lowest BCUT2D eigenvalue weighted by atomic mass is 9.93. The van der Waals surface area contributed by atoms with Crippen LogP contribution in [0.1, 0.15) is 46.0 Å². The van der Waals surface area contributed by atoms with Gasteiger partial charge in [-0.25, -0.2) is 0 Å². The van der Waals surface area contributed by atoms with Crippen molar-refractivity contribution >= 4 is 5.91 Å². The summed E-state index contributed by atoms with van der Waals surface area (Å²) in [4.78, 5) is 11.6. The van der Waals surface area contributed by atoms with E-state index in [1.54, 1.807) is 0 Å². The molecule has 0 aromatic rings. The first kappa shape index (κ1) is 13.8. The van der Waals surface area contributed by atoms with Crippen LogP contribution in [0, 0.1) is 5.92 Å². The molecule has 3 unspecified atom stereocenters. The van der Waals surface area contributed by atoms with Gasteiger partial charge in [0.15, 0.2) is 0 Å². The monoisotopic (exact) mass is 253 g/mol. The van der Waals surface area contributed by atoms with E-state index in [0.717, 1.165) is 5.92 Å². The molecule has 1 aliphatic heterocycles. The molecule has 2 aliphatic rings. The van der Waals surface area contributed by atoms with E-state index in [1.807, 2.05) is 13.8 Å². The normalized spacial score (nSPS) is 32.1. The van der Waals surface area contributed by atoms with Crippen LogP contribution in [0.4, 0.5) is 0 Å². The maximum Gasteiger partial charge on any atom is 0.234 e. The largest absolute Gasteiger partial charge is 0.353 e. The Kier molecular flexibility index (Phi) is 5.01. The molecule has 0 radical (unpaired) electrons. The standard InChI is InChI=1S/C14H27N3O/c1-10(2)17-14(18)9-16-13-6-3-5-11(13)12-7-4-8-15-12/h10-13,15-16H,3-9H2,1-2H3,(H,17,18). The number of hydrogen-bond donors (Lipinski definition) is 3. The molecular weight excluding hydrogens is 226 g/mol. The van der Waals surface area contributed by atoms with Crippen molar-refractivity contribution in [3.8, 4) is 0 Å². The van der Waals surface area contributed by atoms with Gasteiger partial charge in [-0.05, 0) is 52.0 Å². The van der Waals surface area contributed by atoms with E-state index in [0.29, 0.717) is 18.6 Å². The van der Waals surface area contributed by atoms with Crippen molar-refractivity contribution in [2.75, 3.05) is 13.1 Å². The Morgan fingerprint density at radius 2 is 2.11 bits per heavy atom. The fourth-order valence-electron chi connectivity index (χ4n) is 3.40. The van der Waals surface area contributed by atoms with Crippen LogP contribution in [0.2, 0.25) is 0 Å². The second-order valence-corrected chi connectivity index (χ2v) is 6.01. The van der Waals surface area contributed by atoms with Gasteiger partial charge in [-0.2, -0.15) is 0 Å². The van der Waals surface area contributed by atoms with Crippen molar-refractivity contribution in [1.82, 2.24) is 16.0 Å². The highest BCUT2D eigenvalue weighted by Gasteiger charge is 2.34. The minimum atomic E-state index is 0.120. The number of amides is 1. The zero-order chi connectivity index (χ0) is 13.0. The molecule has 3 atom stereocenters. The van der Waals surface area contributed by atoms with Gasteiger partial charge in [-0.1, -0.05) is 6.42 Å². The smallest absolute Gasteiger partial charge is 0.234 e. The SMILES string of the molecule is CC(C)NC(=O)CNC1CCCC1C1CCCN1. The molecular formula is C14H27N3O. The molecule has 1 saturated carbocycles. The lowest BCUT2D eigenvalue weighted by Gasteiger charge is -2.26. The maximum absolute atomic E-state index is 11.6. The van der Waals surface area contributed by atoms with Gasteiger partial charge in [-0.3, -0.25) is 4.79 Å². The number of hydrogen-bond acceptors (Lipinski definition) is 3. The van der Waals surface area contributed by atoms with Crippen molar-refractivity contribution < 1.29 is 4.79 Å². The fraction of sp³-hybridized carbons (Fsp3) is 0.929. The average molecular weight is 253 g/mol. The van der Waals surface area contributed by atoms with E-state index < -0.39 is 0 Å². The van der Waals surface area contributed by atoms with E-state index in [-0.39, 0.29) is 11.9 Å². The van der Waals surface area contributed by atoms with Crippen molar-refractivity contribution in [1.29, 1.82) is 0 Å². The van der Waals surface area contributed by atoms with Gasteiger partial charge in [0, 0.05) is 18.1 Å². The Morgan fingerprint density at radius 3 is 2.78 bits per heavy atom. The van der Waals surface area contributed by atoms with Crippen molar-refractivity contribution in [3.05, 3.63) is 0 Å². The Labute approximate surface area is 110 Å². The molecule has 1 heterocycles. The molecule has 104 valence electrons. The predicted molar refractivity (Wildman–Crippen MR) is 73.4 cm³/mol. The van der Waals surface area contributed by atoms with Gasteiger partial charge in [0.25, 0.3) is 0 Å². The van der Waals surface area contributed by atoms with E-state index in [1.165, 1.54) is 38.6 Å². The van der Waals surface area contributed by atoms with Crippen molar-refractivity contribution in [2.24, 2.45) is 5.92 Å². The molecule has 3 N–H and O–H groups in total. The van der Waals surface area contributed by atoms with Gasteiger partial charge >= 0.3 is 0 Å². The molecule has 1 amide bonds. The summed E-state index contributed by atoms with van der Waals surface area (Å²) in [5.41, 5.74) is 0. The molecule has 0 aromatic heterocycles. The zero-order valence-corrected chi connectivity index (χ0v) is 11.7. The summed E-state index contributed by atoms with van der Waals surface area (Å²) in [7, 11) is 0. The number of nitrogens with one attached hydrogen (secondary N) is 3. The highest BCUT2D eigenvalue weighted by atomic mass is 16.1. The zero-order valence-electron chi connectivity index (χ0n) is 11.7. The Bertz CT molecular complexity index is 274. The van der Waals surface area contributed by atoms with Crippen LogP contribution in [0.3, 0.4) is 0 Å². The Balaban J connectivity index is 1.75. The van der Waals surface area contributed by atoms with Crippen LogP contribution in [0.15, 0.2) is 0 Å². The third kappa shape index (κ3) is 3.69. The van der Waals surface area contributed by atoms with Crippen LogP contribution >= 0.6 is 0 Å². The van der Waals surface area contributed by atoms with Crippen LogP contribution in [-0.2, 0) is 4.79 Å². The summed E-state index contributed by atoms with van der Waals surface area (Å²) in [5.74, 6) is 0.842. The summed E-state index contributed by atoms with van der Waals surface area (Å²) in [6.07, 6.45) is 6.44. The predicted octanol–water partition coefficient (Wildman–Crippen LogP) is 1.02. The van der Waals surface area contributed by atoms with Crippen LogP contribution in [0.5, 0.6) is 0 Å². The first-order chi connectivity index (χ1) is 8.66. The van der Waals surface area contributed by atoms with E-state index in [2.05, 4.69) is 16.0 Å². The second-order valence-electron chi connectivity index (χ2n) is 6.01. The van der Waals surface area contributed by atoms with Gasteiger partial charge in [0.2, 0.25) is 5.91 Å². The van der Waals surface area contributed by atoms with Gasteiger partial charge in [-0.15, -0.1) is 0 Å². The van der Waals surface area contributed by atoms with Gasteiger partial charge < -0.3 is 16.0 Å². The number of rotatable bonds is 5. The molecule has 4 heteroatoms. The number of carbonyl (C=O) groups is 1. The minimum Gasteiger partial charge on any atom is -0.353 e. The third-order valence-corrected chi connectivity index (χ3v) is 4.16. The summed E-state index contributed by atoms with van der Waals surface area (Å²) in [6, 6.07) is 1.44. The lowest BCUT2D eigenvalue weighted by Crippen LogP contribution is -2.46. The molecule has 0 spiro atoms. The topological polar surface area (TPSA) is 53.2 Å². The van der Waals surface area contributed by atoms with Gasteiger partial charge in [0.05, 0.1) is 6.54 Å². The fourth-order valence-corrected chi connectivity index (χ4v) is 3.40. The van der Waals surface area contributed by atoms with Gasteiger partial charge in [0.1, 0.15) is 0 Å². The molecule has 0 bridgehead atoms. The Morgan fingerprint density at radius 1 is 1.28 bits per heavy atom. The summed E-state index contributed by atoms with van der Waals surface area (Å²) in [6.45, 7) is 5.63. The highest BCUT2D eigenvalue weighted by Crippen LogP contribution is 2.31. The molecule has 2 fully saturated rings. The average Bonchev–Trinajstić information content (AvgIpc) is 2.96. The first-order valence-corrected chi connectivity index (χ1v) is 7.43. The molecule has 4 nitrogen and oxygen atoms in total. The summed E-state index contributed by atoms with van der Waals surface area (Å²) in [5, 5.41) is 10.0. The summed E-state index contributed by atoms with van der Waals surface area (Å²) < 4.78 is 0. The summed E-state index contributed by atoms with van der Waals surface area (Å²) >= 11 is 0. The maximum atomic E-state index is 11.6. The molecule has 1 saturated heterocycles. The van der Waals surface area contributed by atoms with Crippen molar-refractivity contribution in [3.63, 3.8) is 0 Å². The van der Waals surface area contributed by atoms with Crippen LogP contribution in [-0.4, -0.2) is 37.1 Å². The quantitative estimate of drug-likeness (QED) is 0.686. The number of carbonyl (C=O) groups excluding carboxylic acids is 1. The molecule has 2 rings (SSSR count). The lowest BCUT2D eigenvalue weighted by molar-refractivity contribution is -0.120. The van der Waals surface area contributed by atoms with Crippen LogP contribution in [0.25, 0.3) is 0 Å². The first-order valence-electron chi connectivity index (χ1n) is 7.43. The van der Waals surface area contributed by atoms with E-state index in [9.17, 15) is 4.79 Å². The Hall–Kier alpha value is -0.610. The molecule has 1 aliphatic carbocycles. The molecule has 18 heavy (non-hydrogen) atoms.